The van der Waals surface area contributed by atoms with Gasteiger partial charge in [-0.15, -0.1) is 6.42 Å². The lowest BCUT2D eigenvalue weighted by Crippen LogP contribution is -2.51. The van der Waals surface area contributed by atoms with Gasteiger partial charge in [0.2, 0.25) is 0 Å². The fourth-order valence-corrected chi connectivity index (χ4v) is 8.23. The Morgan fingerprint density at radius 2 is 1.96 bits per heavy atom. The number of anilines is 1. The standard InChI is InChI=1S/C38H38FN7O2/c1-3-24-5-4-6-25-16-28(47)17-29(33(24)25)32-23(2)15-30-35(34(32)39)42-37(43-36(30)46-18-26-7-8-27(19-46)41-26)48-22-38(9-10-38)21-44-13-14-45-12-11-40-31(45)20-44/h1,4-6,11-12,15-17,26-27,41,47H,7-10,13-14,18-22H2,2H3. The second-order valence-corrected chi connectivity index (χ2v) is 14.2. The quantitative estimate of drug-likeness (QED) is 0.228. The van der Waals surface area contributed by atoms with Crippen molar-refractivity contribution >= 4 is 27.5 Å². The molecule has 9 rings (SSSR count). The van der Waals surface area contributed by atoms with Gasteiger partial charge in [0.1, 0.15) is 22.9 Å². The maximum Gasteiger partial charge on any atom is 0.319 e. The SMILES string of the molecule is C#Cc1cccc2cc(O)cc(-c3c(C)cc4c(N5CC6CCC(C5)N6)nc(OCC5(CN6CCn7ccnc7C6)CC5)nc4c3F)c12. The number of nitrogens with one attached hydrogen (secondary N) is 1. The fourth-order valence-electron chi connectivity index (χ4n) is 8.23. The van der Waals surface area contributed by atoms with Gasteiger partial charge in [0.05, 0.1) is 13.2 Å². The normalized spacial score (nSPS) is 21.4. The molecule has 2 bridgehead atoms. The third kappa shape index (κ3) is 5.04. The Labute approximate surface area is 278 Å². The molecule has 3 aliphatic heterocycles. The van der Waals surface area contributed by atoms with Gasteiger partial charge in [0.15, 0.2) is 5.82 Å². The number of rotatable bonds is 7. The highest BCUT2D eigenvalue weighted by Gasteiger charge is 2.45. The lowest BCUT2D eigenvalue weighted by molar-refractivity contribution is 0.132. The van der Waals surface area contributed by atoms with Crippen LogP contribution in [0.1, 0.15) is 42.6 Å². The van der Waals surface area contributed by atoms with Crippen LogP contribution in [-0.2, 0) is 13.1 Å². The monoisotopic (exact) mass is 643 g/mol. The van der Waals surface area contributed by atoms with Gasteiger partial charge in [0, 0.05) is 84.5 Å². The zero-order chi connectivity index (χ0) is 32.6. The molecule has 2 atom stereocenters. The highest BCUT2D eigenvalue weighted by Crippen LogP contribution is 2.47. The molecular weight excluding hydrogens is 605 g/mol. The van der Waals surface area contributed by atoms with Crippen LogP contribution in [0.25, 0.3) is 32.8 Å². The van der Waals surface area contributed by atoms with Crippen molar-refractivity contribution in [1.29, 1.82) is 0 Å². The summed E-state index contributed by atoms with van der Waals surface area (Å²) in [5.74, 6) is 4.13. The summed E-state index contributed by atoms with van der Waals surface area (Å²) in [6.07, 6.45) is 14.2. The van der Waals surface area contributed by atoms with Gasteiger partial charge in [0.25, 0.3) is 0 Å². The van der Waals surface area contributed by atoms with Crippen molar-refractivity contribution in [3.05, 3.63) is 71.6 Å². The van der Waals surface area contributed by atoms with Gasteiger partial charge < -0.3 is 24.6 Å². The van der Waals surface area contributed by atoms with E-state index in [0.717, 1.165) is 87.1 Å². The van der Waals surface area contributed by atoms with E-state index in [-0.39, 0.29) is 22.7 Å². The van der Waals surface area contributed by atoms with Crippen LogP contribution in [0.5, 0.6) is 11.8 Å². The minimum absolute atomic E-state index is 0.0183. The summed E-state index contributed by atoms with van der Waals surface area (Å²) >= 11 is 0. The van der Waals surface area contributed by atoms with Crippen LogP contribution in [0, 0.1) is 30.5 Å². The zero-order valence-electron chi connectivity index (χ0n) is 27.0. The van der Waals surface area contributed by atoms with Crippen LogP contribution in [0.4, 0.5) is 10.2 Å². The molecule has 10 heteroatoms. The molecule has 244 valence electrons. The molecule has 2 aromatic heterocycles. The van der Waals surface area contributed by atoms with Gasteiger partial charge >= 0.3 is 6.01 Å². The molecule has 5 aromatic rings. The Morgan fingerprint density at radius 1 is 1.12 bits per heavy atom. The van der Waals surface area contributed by atoms with Gasteiger partial charge in [-0.2, -0.15) is 9.97 Å². The Hall–Kier alpha value is -4.72. The molecule has 2 saturated heterocycles. The van der Waals surface area contributed by atoms with Crippen LogP contribution < -0.4 is 15.0 Å². The average molecular weight is 644 g/mol. The summed E-state index contributed by atoms with van der Waals surface area (Å²) in [5, 5.41) is 16.5. The molecular formula is C38H38FN7O2. The number of fused-ring (bicyclic) bond motifs is 5. The first-order chi connectivity index (χ1) is 23.4. The lowest BCUT2D eigenvalue weighted by atomic mass is 9.90. The second-order valence-electron chi connectivity index (χ2n) is 14.2. The molecule has 5 heterocycles. The summed E-state index contributed by atoms with van der Waals surface area (Å²) in [7, 11) is 0. The predicted molar refractivity (Wildman–Crippen MR) is 184 cm³/mol. The summed E-state index contributed by atoms with van der Waals surface area (Å²) in [4.78, 5) is 19.0. The average Bonchev–Trinajstić information content (AvgIpc) is 3.53. The smallest absolute Gasteiger partial charge is 0.319 e. The molecule has 2 unspecified atom stereocenters. The van der Waals surface area contributed by atoms with Crippen molar-refractivity contribution < 1.29 is 14.2 Å². The van der Waals surface area contributed by atoms with Gasteiger partial charge in [-0.1, -0.05) is 18.1 Å². The Bertz CT molecular complexity index is 2120. The summed E-state index contributed by atoms with van der Waals surface area (Å²) in [6, 6.07) is 11.7. The first-order valence-electron chi connectivity index (χ1n) is 17.0. The highest BCUT2D eigenvalue weighted by molar-refractivity contribution is 6.04. The van der Waals surface area contributed by atoms with Crippen molar-refractivity contribution in [2.75, 3.05) is 37.7 Å². The molecule has 3 aromatic carbocycles. The Balaban J connectivity index is 1.12. The highest BCUT2D eigenvalue weighted by atomic mass is 19.1. The summed E-state index contributed by atoms with van der Waals surface area (Å²) < 4.78 is 25.8. The third-order valence-electron chi connectivity index (χ3n) is 10.8. The van der Waals surface area contributed by atoms with Crippen molar-refractivity contribution in [2.24, 2.45) is 5.41 Å². The maximum absolute atomic E-state index is 17.2. The minimum Gasteiger partial charge on any atom is -0.508 e. The number of halogens is 1. The van der Waals surface area contributed by atoms with Crippen molar-refractivity contribution in [3.8, 4) is 35.2 Å². The van der Waals surface area contributed by atoms with E-state index in [1.807, 2.05) is 43.6 Å². The van der Waals surface area contributed by atoms with E-state index in [1.54, 1.807) is 12.1 Å². The molecule has 3 fully saturated rings. The molecule has 0 radical (unpaired) electrons. The van der Waals surface area contributed by atoms with Gasteiger partial charge in [-0.05, 0) is 73.4 Å². The number of imidazole rings is 1. The Morgan fingerprint density at radius 3 is 2.75 bits per heavy atom. The molecule has 1 saturated carbocycles. The topological polar surface area (TPSA) is 91.6 Å². The number of aryl methyl sites for hydroxylation is 1. The number of ether oxygens (including phenoxy) is 1. The van der Waals surface area contributed by atoms with Gasteiger partial charge in [-0.3, -0.25) is 4.90 Å². The number of phenols is 1. The zero-order valence-corrected chi connectivity index (χ0v) is 27.0. The number of aromatic nitrogens is 4. The summed E-state index contributed by atoms with van der Waals surface area (Å²) in [5.41, 5.74) is 2.49. The molecule has 2 N–H and O–H groups in total. The molecule has 0 amide bonds. The van der Waals surface area contributed by atoms with Crippen molar-refractivity contribution in [2.45, 2.75) is 57.8 Å². The van der Waals surface area contributed by atoms with E-state index in [9.17, 15) is 5.11 Å². The second kappa shape index (κ2) is 11.2. The van der Waals surface area contributed by atoms with E-state index in [4.69, 9.17) is 21.1 Å². The van der Waals surface area contributed by atoms with Crippen molar-refractivity contribution in [3.63, 3.8) is 0 Å². The van der Waals surface area contributed by atoms with Crippen LogP contribution in [0.2, 0.25) is 0 Å². The molecule has 9 nitrogen and oxygen atoms in total. The largest absolute Gasteiger partial charge is 0.508 e. The number of terminal acetylenes is 1. The minimum atomic E-state index is -0.472. The number of aromatic hydroxyl groups is 1. The van der Waals surface area contributed by atoms with E-state index in [0.29, 0.717) is 46.6 Å². The van der Waals surface area contributed by atoms with Crippen LogP contribution in [0.3, 0.4) is 0 Å². The third-order valence-corrected chi connectivity index (χ3v) is 10.8. The lowest BCUT2D eigenvalue weighted by Gasteiger charge is -2.34. The molecule has 0 spiro atoms. The number of benzene rings is 3. The maximum atomic E-state index is 17.2. The molecule has 1 aliphatic carbocycles. The number of phenolic OH excluding ortho intramolecular Hbond substituents is 1. The van der Waals surface area contributed by atoms with Crippen LogP contribution >= 0.6 is 0 Å². The summed E-state index contributed by atoms with van der Waals surface area (Å²) in [6.45, 7) is 7.62. The molecule has 4 aliphatic rings. The number of hydrogen-bond acceptors (Lipinski definition) is 8. The van der Waals surface area contributed by atoms with Crippen molar-refractivity contribution in [1.82, 2.24) is 29.7 Å². The van der Waals surface area contributed by atoms with E-state index >= 15 is 4.39 Å². The van der Waals surface area contributed by atoms with Gasteiger partial charge in [-0.25, -0.2) is 9.37 Å². The van der Waals surface area contributed by atoms with Crippen LogP contribution in [-0.4, -0.2) is 74.4 Å². The van der Waals surface area contributed by atoms with Crippen LogP contribution in [0.15, 0.2) is 48.8 Å². The van der Waals surface area contributed by atoms with E-state index in [1.165, 1.54) is 0 Å². The number of nitrogens with zero attached hydrogens (tertiary/aromatic N) is 6. The first kappa shape index (κ1) is 29.4. The molecule has 48 heavy (non-hydrogen) atoms. The Kier molecular flexibility index (Phi) is 6.85. The fraction of sp³-hybridized carbons (Fsp3) is 0.395. The van der Waals surface area contributed by atoms with E-state index < -0.39 is 5.82 Å². The number of hydrogen-bond donors (Lipinski definition) is 2. The predicted octanol–water partition coefficient (Wildman–Crippen LogP) is 5.40. The first-order valence-corrected chi connectivity index (χ1v) is 17.0. The van der Waals surface area contributed by atoms with E-state index in [2.05, 4.69) is 30.6 Å². The number of piperazine rings is 1.